The third-order valence-corrected chi connectivity index (χ3v) is 4.45. The lowest BCUT2D eigenvalue weighted by Crippen LogP contribution is -2.42. The lowest BCUT2D eigenvalue weighted by molar-refractivity contribution is -0.137. The van der Waals surface area contributed by atoms with Crippen LogP contribution in [0.3, 0.4) is 0 Å². The van der Waals surface area contributed by atoms with Crippen LogP contribution in [0.2, 0.25) is 0 Å². The minimum atomic E-state index is 0.125. The van der Waals surface area contributed by atoms with E-state index in [0.29, 0.717) is 23.9 Å². The van der Waals surface area contributed by atoms with Gasteiger partial charge >= 0.3 is 0 Å². The monoisotopic (exact) mass is 240 g/mol. The summed E-state index contributed by atoms with van der Waals surface area (Å²) in [5.41, 5.74) is 6.00. The first-order chi connectivity index (χ1) is 7.97. The topological polar surface area (TPSA) is 46.3 Å². The summed E-state index contributed by atoms with van der Waals surface area (Å²) in [7, 11) is 1.93. The molecule has 3 heteroatoms. The second-order valence-electron chi connectivity index (χ2n) is 5.68. The Hall–Kier alpha value is -0.570. The first kappa shape index (κ1) is 14.5. The lowest BCUT2D eigenvalue weighted by Gasteiger charge is -2.34. The van der Waals surface area contributed by atoms with Crippen molar-refractivity contribution in [2.75, 3.05) is 7.05 Å². The molecule has 1 rings (SSSR count). The maximum Gasteiger partial charge on any atom is 0.225 e. The van der Waals surface area contributed by atoms with Crippen LogP contribution in [-0.4, -0.2) is 29.9 Å². The van der Waals surface area contributed by atoms with Gasteiger partial charge in [-0.15, -0.1) is 0 Å². The van der Waals surface area contributed by atoms with E-state index in [1.54, 1.807) is 0 Å². The molecule has 2 N–H and O–H groups in total. The third-order valence-electron chi connectivity index (χ3n) is 4.45. The van der Waals surface area contributed by atoms with Crippen molar-refractivity contribution >= 4 is 5.91 Å². The molecular weight excluding hydrogens is 212 g/mol. The van der Waals surface area contributed by atoms with E-state index in [-0.39, 0.29) is 5.92 Å². The Morgan fingerprint density at radius 3 is 2.59 bits per heavy atom. The summed E-state index contributed by atoms with van der Waals surface area (Å²) >= 11 is 0. The van der Waals surface area contributed by atoms with Gasteiger partial charge < -0.3 is 10.6 Å². The summed E-state index contributed by atoms with van der Waals surface area (Å²) in [5.74, 6) is 0.900. The molecular formula is C14H28N2O. The van der Waals surface area contributed by atoms with E-state index in [0.717, 1.165) is 25.7 Å². The van der Waals surface area contributed by atoms with E-state index in [1.807, 2.05) is 11.9 Å². The van der Waals surface area contributed by atoms with Crippen LogP contribution in [0.1, 0.15) is 52.9 Å². The van der Waals surface area contributed by atoms with Crippen molar-refractivity contribution in [1.29, 1.82) is 0 Å². The van der Waals surface area contributed by atoms with Gasteiger partial charge in [0.15, 0.2) is 0 Å². The molecule has 0 radical (unpaired) electrons. The SMILES string of the molecule is CCC(C)N(C)C(=O)C(C)C1CCCC(N)C1. The molecule has 0 aromatic rings. The summed E-state index contributed by atoms with van der Waals surface area (Å²) in [4.78, 5) is 14.2. The molecule has 3 nitrogen and oxygen atoms in total. The molecule has 0 aromatic heterocycles. The van der Waals surface area contributed by atoms with Gasteiger partial charge in [-0.3, -0.25) is 4.79 Å². The number of carbonyl (C=O) groups excluding carboxylic acids is 1. The predicted octanol–water partition coefficient (Wildman–Crippen LogP) is 2.40. The van der Waals surface area contributed by atoms with E-state index in [1.165, 1.54) is 6.42 Å². The van der Waals surface area contributed by atoms with E-state index in [9.17, 15) is 4.79 Å². The molecule has 1 aliphatic rings. The van der Waals surface area contributed by atoms with Crippen LogP contribution in [0.5, 0.6) is 0 Å². The Morgan fingerprint density at radius 1 is 1.41 bits per heavy atom. The van der Waals surface area contributed by atoms with Crippen LogP contribution >= 0.6 is 0 Å². The Kier molecular flexibility index (Phi) is 5.44. The van der Waals surface area contributed by atoms with Gasteiger partial charge in [0.05, 0.1) is 0 Å². The smallest absolute Gasteiger partial charge is 0.225 e. The summed E-state index contributed by atoms with van der Waals surface area (Å²) in [6.45, 7) is 6.30. The Labute approximate surface area is 106 Å². The highest BCUT2D eigenvalue weighted by molar-refractivity contribution is 5.78. The molecule has 1 fully saturated rings. The number of carbonyl (C=O) groups is 1. The number of hydrogen-bond donors (Lipinski definition) is 1. The first-order valence-electron chi connectivity index (χ1n) is 6.99. The molecule has 1 aliphatic carbocycles. The van der Waals surface area contributed by atoms with Gasteiger partial charge in [0.1, 0.15) is 0 Å². The molecule has 0 saturated heterocycles. The summed E-state index contributed by atoms with van der Waals surface area (Å²) < 4.78 is 0. The predicted molar refractivity (Wildman–Crippen MR) is 71.6 cm³/mol. The number of nitrogens with two attached hydrogens (primary N) is 1. The number of rotatable bonds is 4. The molecule has 17 heavy (non-hydrogen) atoms. The molecule has 4 atom stereocenters. The van der Waals surface area contributed by atoms with Gasteiger partial charge in [-0.05, 0) is 38.5 Å². The second kappa shape index (κ2) is 6.39. The van der Waals surface area contributed by atoms with E-state index in [4.69, 9.17) is 5.73 Å². The summed E-state index contributed by atoms with van der Waals surface area (Å²) in [6, 6.07) is 0.639. The van der Waals surface area contributed by atoms with E-state index in [2.05, 4.69) is 20.8 Å². The van der Waals surface area contributed by atoms with Crippen LogP contribution in [0, 0.1) is 11.8 Å². The maximum absolute atomic E-state index is 12.3. The van der Waals surface area contributed by atoms with Crippen molar-refractivity contribution < 1.29 is 4.79 Å². The molecule has 0 aromatic carbocycles. The quantitative estimate of drug-likeness (QED) is 0.820. The average molecular weight is 240 g/mol. The van der Waals surface area contributed by atoms with E-state index >= 15 is 0 Å². The minimum absolute atomic E-state index is 0.125. The Balaban J connectivity index is 2.56. The highest BCUT2D eigenvalue weighted by Gasteiger charge is 2.30. The molecule has 0 heterocycles. The van der Waals surface area contributed by atoms with Crippen molar-refractivity contribution in [3.63, 3.8) is 0 Å². The van der Waals surface area contributed by atoms with Crippen LogP contribution in [0.15, 0.2) is 0 Å². The van der Waals surface area contributed by atoms with Crippen molar-refractivity contribution in [3.05, 3.63) is 0 Å². The zero-order valence-corrected chi connectivity index (χ0v) is 11.8. The first-order valence-corrected chi connectivity index (χ1v) is 6.99. The van der Waals surface area contributed by atoms with Crippen LogP contribution in [0.4, 0.5) is 0 Å². The minimum Gasteiger partial charge on any atom is -0.343 e. The second-order valence-corrected chi connectivity index (χ2v) is 5.68. The van der Waals surface area contributed by atoms with Gasteiger partial charge in [-0.1, -0.05) is 20.3 Å². The number of hydrogen-bond acceptors (Lipinski definition) is 2. The third kappa shape index (κ3) is 3.70. The zero-order valence-electron chi connectivity index (χ0n) is 11.8. The summed E-state index contributed by atoms with van der Waals surface area (Å²) in [5, 5.41) is 0. The van der Waals surface area contributed by atoms with Crippen molar-refractivity contribution in [2.45, 2.75) is 65.0 Å². The molecule has 0 bridgehead atoms. The van der Waals surface area contributed by atoms with Gasteiger partial charge in [-0.25, -0.2) is 0 Å². The fraction of sp³-hybridized carbons (Fsp3) is 0.929. The largest absolute Gasteiger partial charge is 0.343 e. The summed E-state index contributed by atoms with van der Waals surface area (Å²) in [6.07, 6.45) is 5.49. The van der Waals surface area contributed by atoms with Crippen LogP contribution in [-0.2, 0) is 4.79 Å². The fourth-order valence-electron chi connectivity index (χ4n) is 2.73. The van der Waals surface area contributed by atoms with Gasteiger partial charge in [0, 0.05) is 25.0 Å². The maximum atomic E-state index is 12.3. The molecule has 1 amide bonds. The number of nitrogens with zero attached hydrogens (tertiary/aromatic N) is 1. The Morgan fingerprint density at radius 2 is 2.06 bits per heavy atom. The van der Waals surface area contributed by atoms with Crippen LogP contribution in [0.25, 0.3) is 0 Å². The van der Waals surface area contributed by atoms with Crippen molar-refractivity contribution in [1.82, 2.24) is 4.90 Å². The lowest BCUT2D eigenvalue weighted by atomic mass is 9.78. The highest BCUT2D eigenvalue weighted by atomic mass is 16.2. The molecule has 4 unspecified atom stereocenters. The molecule has 0 aliphatic heterocycles. The zero-order chi connectivity index (χ0) is 13.0. The van der Waals surface area contributed by atoms with Gasteiger partial charge in [0.2, 0.25) is 5.91 Å². The molecule has 1 saturated carbocycles. The average Bonchev–Trinajstić information content (AvgIpc) is 2.35. The highest BCUT2D eigenvalue weighted by Crippen LogP contribution is 2.30. The Bertz CT molecular complexity index is 255. The molecule has 100 valence electrons. The van der Waals surface area contributed by atoms with Crippen molar-refractivity contribution in [3.8, 4) is 0 Å². The normalized spacial score (nSPS) is 28.5. The number of amides is 1. The van der Waals surface area contributed by atoms with Gasteiger partial charge in [0.25, 0.3) is 0 Å². The van der Waals surface area contributed by atoms with Gasteiger partial charge in [-0.2, -0.15) is 0 Å². The fourth-order valence-corrected chi connectivity index (χ4v) is 2.73. The van der Waals surface area contributed by atoms with Crippen LogP contribution < -0.4 is 5.73 Å². The standard InChI is InChI=1S/C14H28N2O/c1-5-10(2)16(4)14(17)11(3)12-7-6-8-13(15)9-12/h10-13H,5-9,15H2,1-4H3. The van der Waals surface area contributed by atoms with E-state index < -0.39 is 0 Å². The molecule has 0 spiro atoms. The van der Waals surface area contributed by atoms with Crippen molar-refractivity contribution in [2.24, 2.45) is 17.6 Å².